The van der Waals surface area contributed by atoms with E-state index in [1.165, 1.54) is 12.8 Å². The molecule has 0 aliphatic rings. The summed E-state index contributed by atoms with van der Waals surface area (Å²) in [5.41, 5.74) is 3.38. The van der Waals surface area contributed by atoms with E-state index in [1.807, 2.05) is 42.5 Å². The first-order chi connectivity index (χ1) is 9.74. The number of rotatable bonds is 6. The number of hydrogen-bond acceptors (Lipinski definition) is 1. The minimum atomic E-state index is -0.860. The Morgan fingerprint density at radius 1 is 1.00 bits per heavy atom. The predicted octanol–water partition coefficient (Wildman–Crippen LogP) is 4.78. The van der Waals surface area contributed by atoms with Crippen molar-refractivity contribution >= 4 is 5.97 Å². The normalized spacial score (nSPS) is 10.4. The van der Waals surface area contributed by atoms with Crippen LogP contribution in [0, 0.1) is 0 Å². The fourth-order valence-corrected chi connectivity index (χ4v) is 2.50. The van der Waals surface area contributed by atoms with Crippen LogP contribution >= 0.6 is 0 Å². The molecule has 0 saturated carbocycles. The molecule has 1 N–H and O–H groups in total. The van der Waals surface area contributed by atoms with Crippen LogP contribution in [-0.4, -0.2) is 11.1 Å². The van der Waals surface area contributed by atoms with Gasteiger partial charge in [-0.25, -0.2) is 4.79 Å². The zero-order valence-electron chi connectivity index (χ0n) is 11.8. The number of carboxylic acid groups (broad SMARTS) is 1. The molecule has 0 amide bonds. The Hall–Kier alpha value is -2.09. The van der Waals surface area contributed by atoms with Crippen LogP contribution in [0.2, 0.25) is 0 Å². The summed E-state index contributed by atoms with van der Waals surface area (Å²) in [7, 11) is 0. The maximum Gasteiger partial charge on any atom is 0.336 e. The molecule has 2 nitrogen and oxygen atoms in total. The predicted molar refractivity (Wildman–Crippen MR) is 82.1 cm³/mol. The van der Waals surface area contributed by atoms with Gasteiger partial charge in [0.05, 0.1) is 5.56 Å². The van der Waals surface area contributed by atoms with E-state index in [-0.39, 0.29) is 0 Å². The monoisotopic (exact) mass is 268 g/mol. The largest absolute Gasteiger partial charge is 0.478 e. The summed E-state index contributed by atoms with van der Waals surface area (Å²) >= 11 is 0. The number of hydrogen-bond donors (Lipinski definition) is 1. The molecule has 0 atom stereocenters. The van der Waals surface area contributed by atoms with E-state index >= 15 is 0 Å². The van der Waals surface area contributed by atoms with E-state index in [4.69, 9.17) is 0 Å². The van der Waals surface area contributed by atoms with Gasteiger partial charge in [-0.15, -0.1) is 0 Å². The highest BCUT2D eigenvalue weighted by Gasteiger charge is 2.15. The highest BCUT2D eigenvalue weighted by atomic mass is 16.4. The van der Waals surface area contributed by atoms with E-state index in [9.17, 15) is 9.90 Å². The Bertz CT molecular complexity index is 573. The molecule has 0 heterocycles. The van der Waals surface area contributed by atoms with E-state index in [1.54, 1.807) is 6.07 Å². The minimum Gasteiger partial charge on any atom is -0.478 e. The zero-order chi connectivity index (χ0) is 14.4. The number of aromatic carboxylic acids is 1. The van der Waals surface area contributed by atoms with Crippen LogP contribution in [0.1, 0.15) is 42.1 Å². The van der Waals surface area contributed by atoms with Crippen LogP contribution < -0.4 is 0 Å². The molecule has 0 aliphatic carbocycles. The molecule has 0 radical (unpaired) electrons. The lowest BCUT2D eigenvalue weighted by Crippen LogP contribution is -2.03. The number of benzene rings is 2. The van der Waals surface area contributed by atoms with Gasteiger partial charge in [-0.05, 0) is 35.6 Å². The lowest BCUT2D eigenvalue weighted by molar-refractivity contribution is 0.0697. The Morgan fingerprint density at radius 2 is 1.75 bits per heavy atom. The molecule has 0 fully saturated rings. The zero-order valence-corrected chi connectivity index (χ0v) is 11.8. The van der Waals surface area contributed by atoms with E-state index in [0.717, 1.165) is 29.5 Å². The van der Waals surface area contributed by atoms with Crippen LogP contribution in [0.15, 0.2) is 48.5 Å². The van der Waals surface area contributed by atoms with Gasteiger partial charge in [-0.3, -0.25) is 0 Å². The number of carbonyl (C=O) groups is 1. The first-order valence-corrected chi connectivity index (χ1v) is 7.14. The third kappa shape index (κ3) is 3.27. The Labute approximate surface area is 120 Å². The molecule has 2 heteroatoms. The second kappa shape index (κ2) is 6.90. The van der Waals surface area contributed by atoms with E-state index < -0.39 is 5.97 Å². The van der Waals surface area contributed by atoms with Crippen molar-refractivity contribution in [3.63, 3.8) is 0 Å². The van der Waals surface area contributed by atoms with Gasteiger partial charge < -0.3 is 5.11 Å². The summed E-state index contributed by atoms with van der Waals surface area (Å²) in [6.45, 7) is 2.17. The van der Waals surface area contributed by atoms with Gasteiger partial charge in [0, 0.05) is 0 Å². The number of unbranched alkanes of at least 4 members (excludes halogenated alkanes) is 2. The lowest BCUT2D eigenvalue weighted by Gasteiger charge is -2.13. The summed E-state index contributed by atoms with van der Waals surface area (Å²) in [5.74, 6) is -0.860. The molecular formula is C18H20O2. The van der Waals surface area contributed by atoms with Crippen molar-refractivity contribution in [3.8, 4) is 11.1 Å². The van der Waals surface area contributed by atoms with Gasteiger partial charge >= 0.3 is 5.97 Å². The van der Waals surface area contributed by atoms with Gasteiger partial charge in [0.15, 0.2) is 0 Å². The molecule has 0 spiro atoms. The third-order valence-corrected chi connectivity index (χ3v) is 3.49. The SMILES string of the molecule is CCCCCc1cccc(C(=O)O)c1-c1ccccc1. The Morgan fingerprint density at radius 3 is 2.40 bits per heavy atom. The summed E-state index contributed by atoms with van der Waals surface area (Å²) in [5, 5.41) is 9.42. The van der Waals surface area contributed by atoms with Crippen molar-refractivity contribution in [2.45, 2.75) is 32.6 Å². The molecule has 0 aromatic heterocycles. The Balaban J connectivity index is 2.46. The highest BCUT2D eigenvalue weighted by Crippen LogP contribution is 2.29. The topological polar surface area (TPSA) is 37.3 Å². The smallest absolute Gasteiger partial charge is 0.336 e. The minimum absolute atomic E-state index is 0.394. The number of carboxylic acids is 1. The van der Waals surface area contributed by atoms with Crippen molar-refractivity contribution in [1.29, 1.82) is 0 Å². The second-order valence-electron chi connectivity index (χ2n) is 4.97. The molecule has 2 rings (SSSR count). The average Bonchev–Trinajstić information content (AvgIpc) is 2.48. The Kier molecular flexibility index (Phi) is 4.94. The summed E-state index contributed by atoms with van der Waals surface area (Å²) in [4.78, 5) is 11.5. The first kappa shape index (κ1) is 14.3. The maximum atomic E-state index is 11.5. The highest BCUT2D eigenvalue weighted by molar-refractivity contribution is 5.97. The lowest BCUT2D eigenvalue weighted by atomic mass is 9.91. The fraction of sp³-hybridized carbons (Fsp3) is 0.278. The molecule has 0 aliphatic heterocycles. The maximum absolute atomic E-state index is 11.5. The molecular weight excluding hydrogens is 248 g/mol. The van der Waals surface area contributed by atoms with Crippen LogP contribution in [0.5, 0.6) is 0 Å². The molecule has 20 heavy (non-hydrogen) atoms. The fourth-order valence-electron chi connectivity index (χ4n) is 2.50. The van der Waals surface area contributed by atoms with Crippen molar-refractivity contribution in [2.24, 2.45) is 0 Å². The second-order valence-corrected chi connectivity index (χ2v) is 4.97. The van der Waals surface area contributed by atoms with Crippen molar-refractivity contribution in [1.82, 2.24) is 0 Å². The summed E-state index contributed by atoms with van der Waals surface area (Å²) < 4.78 is 0. The molecule has 2 aromatic carbocycles. The molecule has 2 aromatic rings. The van der Waals surface area contributed by atoms with E-state index in [0.29, 0.717) is 5.56 Å². The standard InChI is InChI=1S/C18H20O2/c1-2-3-5-9-15-12-8-13-16(18(19)20)17(15)14-10-6-4-7-11-14/h4,6-8,10-13H,2-3,5,9H2,1H3,(H,19,20). The van der Waals surface area contributed by atoms with Crippen LogP contribution in [0.25, 0.3) is 11.1 Å². The molecule has 104 valence electrons. The van der Waals surface area contributed by atoms with Gasteiger partial charge in [0.1, 0.15) is 0 Å². The van der Waals surface area contributed by atoms with Gasteiger partial charge in [-0.2, -0.15) is 0 Å². The van der Waals surface area contributed by atoms with Crippen LogP contribution in [0.4, 0.5) is 0 Å². The van der Waals surface area contributed by atoms with Gasteiger partial charge in [-0.1, -0.05) is 62.2 Å². The molecule has 0 bridgehead atoms. The van der Waals surface area contributed by atoms with Crippen LogP contribution in [0.3, 0.4) is 0 Å². The molecule has 0 saturated heterocycles. The quantitative estimate of drug-likeness (QED) is 0.765. The average molecular weight is 268 g/mol. The summed E-state index contributed by atoms with van der Waals surface area (Å²) in [6.07, 6.45) is 4.36. The van der Waals surface area contributed by atoms with Crippen molar-refractivity contribution in [2.75, 3.05) is 0 Å². The first-order valence-electron chi connectivity index (χ1n) is 7.14. The van der Waals surface area contributed by atoms with Gasteiger partial charge in [0.25, 0.3) is 0 Å². The van der Waals surface area contributed by atoms with Crippen LogP contribution in [-0.2, 0) is 6.42 Å². The van der Waals surface area contributed by atoms with Crippen molar-refractivity contribution in [3.05, 3.63) is 59.7 Å². The number of aryl methyl sites for hydroxylation is 1. The van der Waals surface area contributed by atoms with Crippen molar-refractivity contribution < 1.29 is 9.90 Å². The summed E-state index contributed by atoms with van der Waals surface area (Å²) in [6, 6.07) is 15.4. The molecule has 0 unspecified atom stereocenters. The third-order valence-electron chi connectivity index (χ3n) is 3.49. The van der Waals surface area contributed by atoms with Gasteiger partial charge in [0.2, 0.25) is 0 Å². The van der Waals surface area contributed by atoms with E-state index in [2.05, 4.69) is 6.92 Å².